The molecule has 23 heavy (non-hydrogen) atoms. The smallest absolute Gasteiger partial charge is 0.414 e. The maximum Gasteiger partial charge on any atom is 0.414 e. The van der Waals surface area contributed by atoms with E-state index in [0.717, 1.165) is 6.92 Å². The summed E-state index contributed by atoms with van der Waals surface area (Å²) < 4.78 is 13.0. The predicted molar refractivity (Wildman–Crippen MR) is 71.9 cm³/mol. The van der Waals surface area contributed by atoms with Gasteiger partial charge in [-0.25, -0.2) is 19.2 Å². The van der Waals surface area contributed by atoms with E-state index in [2.05, 4.69) is 24.8 Å². The van der Waals surface area contributed by atoms with Gasteiger partial charge in [0.25, 0.3) is 0 Å². The van der Waals surface area contributed by atoms with Gasteiger partial charge in [-0.05, 0) is 13.3 Å². The second-order valence-corrected chi connectivity index (χ2v) is 4.09. The summed E-state index contributed by atoms with van der Waals surface area (Å²) in [6.45, 7) is 1.53. The number of nitrogens with one attached hydrogen (secondary N) is 2. The first kappa shape index (κ1) is 20.3. The summed E-state index contributed by atoms with van der Waals surface area (Å²) in [6, 6.07) is 0. The minimum atomic E-state index is -1.34. The molecule has 0 aliphatic carbocycles. The molecular weight excluding hydrogens is 316 g/mol. The third kappa shape index (κ3) is 10.6. The highest BCUT2D eigenvalue weighted by Crippen LogP contribution is 1.96. The highest BCUT2D eigenvalue weighted by atomic mass is 16.6. The quantitative estimate of drug-likeness (QED) is 0.226. The molecule has 0 aliphatic heterocycles. The molecule has 11 heteroatoms. The van der Waals surface area contributed by atoms with Crippen LogP contribution in [0.4, 0.5) is 9.59 Å². The fourth-order valence-corrected chi connectivity index (χ4v) is 1.13. The van der Waals surface area contributed by atoms with Crippen molar-refractivity contribution < 1.29 is 43.3 Å². The molecule has 0 bridgehead atoms. The van der Waals surface area contributed by atoms with Gasteiger partial charge in [-0.3, -0.25) is 4.79 Å². The Balaban J connectivity index is 3.82. The van der Waals surface area contributed by atoms with Gasteiger partial charge in [0, 0.05) is 20.0 Å². The molecule has 0 radical (unpaired) electrons. The van der Waals surface area contributed by atoms with Crippen LogP contribution in [0.3, 0.4) is 0 Å². The van der Waals surface area contributed by atoms with Gasteiger partial charge in [0.15, 0.2) is 6.10 Å². The minimum absolute atomic E-state index is 0.0667. The lowest BCUT2D eigenvalue weighted by Crippen LogP contribution is -2.35. The summed E-state index contributed by atoms with van der Waals surface area (Å²) in [6.07, 6.45) is -3.03. The highest BCUT2D eigenvalue weighted by Gasteiger charge is 2.21. The summed E-state index contributed by atoms with van der Waals surface area (Å²) in [7, 11) is 0. The van der Waals surface area contributed by atoms with Crippen LogP contribution in [0.5, 0.6) is 0 Å². The number of amides is 2. The molecule has 0 aromatic rings. The van der Waals surface area contributed by atoms with Crippen molar-refractivity contribution >= 4 is 30.1 Å². The van der Waals surface area contributed by atoms with E-state index in [9.17, 15) is 24.0 Å². The van der Waals surface area contributed by atoms with Crippen LogP contribution in [0.25, 0.3) is 0 Å². The number of hydrogen-bond acceptors (Lipinski definition) is 9. The Morgan fingerprint density at radius 3 is 2.00 bits per heavy atom. The number of hydrogen-bond donors (Lipinski definition) is 3. The Bertz CT molecular complexity index is 463. The van der Waals surface area contributed by atoms with E-state index in [4.69, 9.17) is 5.11 Å². The fraction of sp³-hybridized carbons (Fsp3) is 0.583. The van der Waals surface area contributed by atoms with Crippen LogP contribution in [0, 0.1) is 0 Å². The Labute approximate surface area is 131 Å². The van der Waals surface area contributed by atoms with Crippen LogP contribution in [0.2, 0.25) is 0 Å². The average molecular weight is 334 g/mol. The molecular formula is C12H18N2O9. The zero-order chi connectivity index (χ0) is 17.8. The molecule has 0 fully saturated rings. The zero-order valence-corrected chi connectivity index (χ0v) is 12.6. The van der Waals surface area contributed by atoms with E-state index < -0.39 is 42.8 Å². The maximum absolute atomic E-state index is 11.3. The largest absolute Gasteiger partial charge is 0.449 e. The monoisotopic (exact) mass is 334 g/mol. The SMILES string of the molecule is CC(=O)OC(=O)NCCCNC(=O)OC(=O)C(C)OC(=O)CO. The number of aliphatic hydroxyl groups excluding tert-OH is 1. The lowest BCUT2D eigenvalue weighted by Gasteiger charge is -2.11. The van der Waals surface area contributed by atoms with E-state index in [1.54, 1.807) is 0 Å². The highest BCUT2D eigenvalue weighted by molar-refractivity contribution is 5.88. The summed E-state index contributed by atoms with van der Waals surface area (Å²) >= 11 is 0. The Morgan fingerprint density at radius 1 is 1.00 bits per heavy atom. The first-order valence-corrected chi connectivity index (χ1v) is 6.52. The zero-order valence-electron chi connectivity index (χ0n) is 12.6. The topological polar surface area (TPSA) is 157 Å². The summed E-state index contributed by atoms with van der Waals surface area (Å²) in [5.74, 6) is -2.88. The van der Waals surface area contributed by atoms with Crippen LogP contribution >= 0.6 is 0 Å². The number of alkyl carbamates (subject to hydrolysis) is 2. The molecule has 130 valence electrons. The van der Waals surface area contributed by atoms with Gasteiger partial charge in [0.1, 0.15) is 6.61 Å². The third-order valence-corrected chi connectivity index (χ3v) is 2.09. The maximum atomic E-state index is 11.3. The summed E-state index contributed by atoms with van der Waals surface area (Å²) in [5, 5.41) is 12.9. The number of esters is 3. The van der Waals surface area contributed by atoms with Gasteiger partial charge in [-0.2, -0.15) is 0 Å². The number of rotatable bonds is 7. The van der Waals surface area contributed by atoms with Crippen molar-refractivity contribution in [3.63, 3.8) is 0 Å². The van der Waals surface area contributed by atoms with Crippen LogP contribution in [0.1, 0.15) is 20.3 Å². The van der Waals surface area contributed by atoms with Crippen LogP contribution in [-0.4, -0.2) is 61.0 Å². The minimum Gasteiger partial charge on any atom is -0.449 e. The second-order valence-electron chi connectivity index (χ2n) is 4.09. The van der Waals surface area contributed by atoms with Crippen molar-refractivity contribution in [3.05, 3.63) is 0 Å². The molecule has 1 unspecified atom stereocenters. The third-order valence-electron chi connectivity index (χ3n) is 2.09. The summed E-state index contributed by atoms with van der Waals surface area (Å²) in [5.41, 5.74) is 0. The van der Waals surface area contributed by atoms with Crippen molar-refractivity contribution in [2.75, 3.05) is 19.7 Å². The molecule has 0 saturated carbocycles. The van der Waals surface area contributed by atoms with E-state index in [0.29, 0.717) is 0 Å². The predicted octanol–water partition coefficient (Wildman–Crippen LogP) is -1.17. The van der Waals surface area contributed by atoms with E-state index in [1.165, 1.54) is 6.92 Å². The molecule has 0 saturated heterocycles. The number of carbonyl (C=O) groups excluding carboxylic acids is 5. The van der Waals surface area contributed by atoms with Gasteiger partial charge in [0.05, 0.1) is 0 Å². The van der Waals surface area contributed by atoms with Crippen LogP contribution in [-0.2, 0) is 28.6 Å². The van der Waals surface area contributed by atoms with Gasteiger partial charge in [0.2, 0.25) is 0 Å². The Kier molecular flexibility index (Phi) is 9.67. The molecule has 0 aliphatic rings. The number of ether oxygens (including phenoxy) is 3. The molecule has 2 amide bonds. The van der Waals surface area contributed by atoms with E-state index >= 15 is 0 Å². The van der Waals surface area contributed by atoms with Gasteiger partial charge in [-0.15, -0.1) is 0 Å². The number of aliphatic hydroxyl groups is 1. The Morgan fingerprint density at radius 2 is 1.52 bits per heavy atom. The molecule has 0 aromatic carbocycles. The standard InChI is InChI=1S/C12H18N2O9/c1-7(21-9(17)6-15)10(18)23-12(20)14-5-3-4-13-11(19)22-8(2)16/h7,15H,3-6H2,1-2H3,(H,13,19)(H,14,20). The lowest BCUT2D eigenvalue weighted by atomic mass is 10.4. The van der Waals surface area contributed by atoms with Crippen molar-refractivity contribution in [1.29, 1.82) is 0 Å². The molecule has 3 N–H and O–H groups in total. The molecule has 0 heterocycles. The number of carbonyl (C=O) groups is 5. The average Bonchev–Trinajstić information content (AvgIpc) is 2.45. The normalized spacial score (nSPS) is 10.9. The van der Waals surface area contributed by atoms with Gasteiger partial charge < -0.3 is 30.0 Å². The van der Waals surface area contributed by atoms with Crippen molar-refractivity contribution in [1.82, 2.24) is 10.6 Å². The lowest BCUT2D eigenvalue weighted by molar-refractivity contribution is -0.164. The van der Waals surface area contributed by atoms with E-state index in [1.807, 2.05) is 0 Å². The first-order valence-electron chi connectivity index (χ1n) is 6.52. The summed E-state index contributed by atoms with van der Waals surface area (Å²) in [4.78, 5) is 54.7. The van der Waals surface area contributed by atoms with Gasteiger partial charge >= 0.3 is 30.1 Å². The fourth-order valence-electron chi connectivity index (χ4n) is 1.13. The molecule has 11 nitrogen and oxygen atoms in total. The van der Waals surface area contributed by atoms with E-state index in [-0.39, 0.29) is 19.5 Å². The molecule has 0 spiro atoms. The van der Waals surface area contributed by atoms with Crippen molar-refractivity contribution in [2.24, 2.45) is 0 Å². The van der Waals surface area contributed by atoms with Crippen LogP contribution < -0.4 is 10.6 Å². The van der Waals surface area contributed by atoms with Crippen LogP contribution in [0.15, 0.2) is 0 Å². The van der Waals surface area contributed by atoms with Crippen molar-refractivity contribution in [3.8, 4) is 0 Å². The molecule has 1 atom stereocenters. The molecule has 0 aromatic heterocycles. The Hall–Kier alpha value is -2.69. The second kappa shape index (κ2) is 11.0. The van der Waals surface area contributed by atoms with Gasteiger partial charge in [-0.1, -0.05) is 0 Å². The van der Waals surface area contributed by atoms with Crippen molar-refractivity contribution in [2.45, 2.75) is 26.4 Å². The molecule has 0 rings (SSSR count). The first-order chi connectivity index (χ1) is 10.8.